The van der Waals surface area contributed by atoms with E-state index in [1.807, 2.05) is 0 Å². The molecule has 0 bridgehead atoms. The van der Waals surface area contributed by atoms with Gasteiger partial charge in [-0.05, 0) is 25.2 Å². The lowest BCUT2D eigenvalue weighted by Crippen LogP contribution is -2.38. The van der Waals surface area contributed by atoms with Crippen molar-refractivity contribution in [1.82, 2.24) is 10.2 Å². The fraction of sp³-hybridized carbons (Fsp3) is 0.647. The topological polar surface area (TPSA) is 84.7 Å². The van der Waals surface area contributed by atoms with E-state index in [-0.39, 0.29) is 12.5 Å². The molecule has 2 heterocycles. The number of nitrogen functional groups attached to an aromatic ring is 1. The molecular weight excluding hydrogens is 326 g/mol. The summed E-state index contributed by atoms with van der Waals surface area (Å²) in [5, 5.41) is 2.98. The summed E-state index contributed by atoms with van der Waals surface area (Å²) in [5.74, 6) is 0.531. The zero-order valence-electron chi connectivity index (χ0n) is 14.8. The summed E-state index contributed by atoms with van der Waals surface area (Å²) in [6, 6.07) is 0. The number of esters is 1. The Hall–Kier alpha value is -1.60. The Morgan fingerprint density at radius 3 is 2.50 bits per heavy atom. The lowest BCUT2D eigenvalue weighted by molar-refractivity contribution is 0.0524. The molecule has 1 aliphatic rings. The van der Waals surface area contributed by atoms with Crippen molar-refractivity contribution in [3.05, 3.63) is 16.0 Å². The fourth-order valence-electron chi connectivity index (χ4n) is 3.50. The lowest BCUT2D eigenvalue weighted by atomic mass is 9.91. The van der Waals surface area contributed by atoms with E-state index in [0.717, 1.165) is 24.4 Å². The van der Waals surface area contributed by atoms with Crippen LogP contribution in [0.15, 0.2) is 0 Å². The summed E-state index contributed by atoms with van der Waals surface area (Å²) in [7, 11) is 1.58. The van der Waals surface area contributed by atoms with Crippen LogP contribution >= 0.6 is 11.3 Å². The molecule has 0 saturated carbocycles. The van der Waals surface area contributed by atoms with Crippen molar-refractivity contribution in [2.24, 2.45) is 11.8 Å². The highest BCUT2D eigenvalue weighted by atomic mass is 32.1. The van der Waals surface area contributed by atoms with Crippen LogP contribution < -0.4 is 11.1 Å². The second-order valence-corrected chi connectivity index (χ2v) is 7.64. The molecule has 134 valence electrons. The molecule has 0 aliphatic carbocycles. The largest absolute Gasteiger partial charge is 0.462 e. The zero-order valence-corrected chi connectivity index (χ0v) is 15.7. The van der Waals surface area contributed by atoms with Crippen molar-refractivity contribution in [1.29, 1.82) is 0 Å². The molecule has 24 heavy (non-hydrogen) atoms. The van der Waals surface area contributed by atoms with Crippen LogP contribution in [0.1, 0.15) is 52.8 Å². The number of nitrogens with one attached hydrogen (secondary N) is 1. The quantitative estimate of drug-likeness (QED) is 0.794. The van der Waals surface area contributed by atoms with Crippen molar-refractivity contribution in [2.75, 3.05) is 32.5 Å². The predicted octanol–water partition coefficient (Wildman–Crippen LogP) is 2.34. The van der Waals surface area contributed by atoms with Crippen molar-refractivity contribution >= 4 is 28.2 Å². The molecule has 1 aromatic rings. The minimum Gasteiger partial charge on any atom is -0.462 e. The highest BCUT2D eigenvalue weighted by molar-refractivity contribution is 7.18. The van der Waals surface area contributed by atoms with Crippen LogP contribution in [-0.4, -0.2) is 43.5 Å². The average Bonchev–Trinajstić information content (AvgIpc) is 2.82. The Labute approximate surface area is 147 Å². The van der Waals surface area contributed by atoms with E-state index in [9.17, 15) is 9.59 Å². The van der Waals surface area contributed by atoms with Crippen molar-refractivity contribution in [3.8, 4) is 0 Å². The van der Waals surface area contributed by atoms with Crippen LogP contribution in [0, 0.1) is 11.8 Å². The first-order valence-electron chi connectivity index (χ1n) is 8.40. The van der Waals surface area contributed by atoms with Crippen molar-refractivity contribution in [2.45, 2.75) is 33.7 Å². The van der Waals surface area contributed by atoms with Crippen LogP contribution in [0.25, 0.3) is 0 Å². The number of nitrogens with zero attached hydrogens (tertiary/aromatic N) is 1. The fourth-order valence-corrected chi connectivity index (χ4v) is 4.52. The molecule has 0 aromatic carbocycles. The molecule has 0 spiro atoms. The van der Waals surface area contributed by atoms with E-state index in [2.05, 4.69) is 24.1 Å². The maximum Gasteiger partial charge on any atom is 0.341 e. The van der Waals surface area contributed by atoms with Gasteiger partial charge in [0.2, 0.25) is 0 Å². The first kappa shape index (κ1) is 18.7. The Kier molecular flexibility index (Phi) is 6.23. The maximum atomic E-state index is 12.3. The second-order valence-electron chi connectivity index (χ2n) is 6.59. The number of rotatable bonds is 5. The first-order chi connectivity index (χ1) is 11.4. The molecule has 1 amide bonds. The van der Waals surface area contributed by atoms with Gasteiger partial charge in [0.05, 0.1) is 17.0 Å². The molecular formula is C17H27N3O3S. The standard InChI is InChI=1S/C17H27N3O3S/c1-5-23-17(22)13-12(14(16(21)19-4)24-15(13)18)9-20-7-10(2)6-11(3)8-20/h10-11H,5-9,18H2,1-4H3,(H,19,21)/t10-,11-/m1/s1. The number of carbonyl (C=O) groups excluding carboxylic acids is 2. The summed E-state index contributed by atoms with van der Waals surface area (Å²) in [6.07, 6.45) is 1.20. The summed E-state index contributed by atoms with van der Waals surface area (Å²) in [5.41, 5.74) is 7.09. The Bertz CT molecular complexity index is 604. The number of ether oxygens (including phenoxy) is 1. The number of hydrogen-bond donors (Lipinski definition) is 2. The van der Waals surface area contributed by atoms with E-state index in [0.29, 0.717) is 39.4 Å². The lowest BCUT2D eigenvalue weighted by Gasteiger charge is -2.35. The van der Waals surface area contributed by atoms with Gasteiger partial charge in [-0.2, -0.15) is 0 Å². The molecule has 0 radical (unpaired) electrons. The van der Waals surface area contributed by atoms with Gasteiger partial charge in [-0.3, -0.25) is 9.69 Å². The van der Waals surface area contributed by atoms with Gasteiger partial charge in [0.1, 0.15) is 5.00 Å². The highest BCUT2D eigenvalue weighted by Crippen LogP contribution is 2.34. The van der Waals surface area contributed by atoms with Gasteiger partial charge in [0.25, 0.3) is 5.91 Å². The van der Waals surface area contributed by atoms with E-state index < -0.39 is 5.97 Å². The van der Waals surface area contributed by atoms with Gasteiger partial charge in [-0.15, -0.1) is 11.3 Å². The van der Waals surface area contributed by atoms with Crippen LogP contribution in [0.5, 0.6) is 0 Å². The molecule has 1 saturated heterocycles. The number of carbonyl (C=O) groups is 2. The van der Waals surface area contributed by atoms with Crippen LogP contribution in [0.2, 0.25) is 0 Å². The van der Waals surface area contributed by atoms with Gasteiger partial charge in [-0.25, -0.2) is 4.79 Å². The van der Waals surface area contributed by atoms with Crippen molar-refractivity contribution < 1.29 is 14.3 Å². The highest BCUT2D eigenvalue weighted by Gasteiger charge is 2.30. The van der Waals surface area contributed by atoms with Crippen LogP contribution in [0.3, 0.4) is 0 Å². The summed E-state index contributed by atoms with van der Waals surface area (Å²) < 4.78 is 5.15. The summed E-state index contributed by atoms with van der Waals surface area (Å²) in [4.78, 5) is 27.4. The number of anilines is 1. The maximum absolute atomic E-state index is 12.3. The molecule has 1 aliphatic heterocycles. The smallest absolute Gasteiger partial charge is 0.341 e. The normalized spacial score (nSPS) is 21.5. The molecule has 3 N–H and O–H groups in total. The van der Waals surface area contributed by atoms with E-state index in [1.54, 1.807) is 14.0 Å². The van der Waals surface area contributed by atoms with Gasteiger partial charge < -0.3 is 15.8 Å². The number of amides is 1. The third kappa shape index (κ3) is 4.08. The number of hydrogen-bond acceptors (Lipinski definition) is 6. The van der Waals surface area contributed by atoms with Gasteiger partial charge >= 0.3 is 5.97 Å². The Morgan fingerprint density at radius 2 is 1.96 bits per heavy atom. The van der Waals surface area contributed by atoms with Crippen LogP contribution in [-0.2, 0) is 11.3 Å². The third-order valence-corrected chi connectivity index (χ3v) is 5.33. The monoisotopic (exact) mass is 353 g/mol. The molecule has 0 unspecified atom stereocenters. The molecule has 2 atom stereocenters. The van der Waals surface area contributed by atoms with Gasteiger partial charge in [-0.1, -0.05) is 13.8 Å². The molecule has 1 aromatic heterocycles. The van der Waals surface area contributed by atoms with Crippen LogP contribution in [0.4, 0.5) is 5.00 Å². The number of thiophene rings is 1. The van der Waals surface area contributed by atoms with Crippen molar-refractivity contribution in [3.63, 3.8) is 0 Å². The average molecular weight is 353 g/mol. The van der Waals surface area contributed by atoms with E-state index >= 15 is 0 Å². The minimum absolute atomic E-state index is 0.213. The summed E-state index contributed by atoms with van der Waals surface area (Å²) in [6.45, 7) is 8.95. The van der Waals surface area contributed by atoms with Gasteiger partial charge in [0, 0.05) is 32.2 Å². The number of piperidine rings is 1. The molecule has 2 rings (SSSR count). The summed E-state index contributed by atoms with van der Waals surface area (Å²) >= 11 is 1.16. The number of nitrogens with two attached hydrogens (primary N) is 1. The second kappa shape index (κ2) is 7.98. The zero-order chi connectivity index (χ0) is 17.9. The Morgan fingerprint density at radius 1 is 1.33 bits per heavy atom. The third-order valence-electron chi connectivity index (χ3n) is 4.27. The van der Waals surface area contributed by atoms with E-state index in [4.69, 9.17) is 10.5 Å². The van der Waals surface area contributed by atoms with E-state index in [1.165, 1.54) is 6.42 Å². The molecule has 1 fully saturated rings. The minimum atomic E-state index is -0.450. The van der Waals surface area contributed by atoms with Gasteiger partial charge in [0.15, 0.2) is 0 Å². The number of likely N-dealkylation sites (tertiary alicyclic amines) is 1. The SMILES string of the molecule is CCOC(=O)c1c(N)sc(C(=O)NC)c1CN1C[C@H](C)C[C@@H](C)C1. The first-order valence-corrected chi connectivity index (χ1v) is 9.21. The predicted molar refractivity (Wildman–Crippen MR) is 96.3 cm³/mol. The molecule has 6 nitrogen and oxygen atoms in total. The molecule has 7 heteroatoms. The Balaban J connectivity index is 2.37.